The fourth-order valence-electron chi connectivity index (χ4n) is 3.09. The normalized spacial score (nSPS) is 57.5. The van der Waals surface area contributed by atoms with Crippen molar-refractivity contribution in [1.29, 1.82) is 0 Å². The minimum atomic E-state index is -0.954. The Labute approximate surface area is 115 Å². The van der Waals surface area contributed by atoms with Crippen LogP contribution in [0.25, 0.3) is 0 Å². The summed E-state index contributed by atoms with van der Waals surface area (Å²) in [5.41, 5.74) is 0. The van der Waals surface area contributed by atoms with Crippen molar-refractivity contribution >= 4 is 0 Å². The summed E-state index contributed by atoms with van der Waals surface area (Å²) >= 11 is 0. The van der Waals surface area contributed by atoms with Crippen LogP contribution in [0.3, 0.4) is 0 Å². The maximum Gasteiger partial charge on any atom is 0.187 e. The van der Waals surface area contributed by atoms with Crippen molar-refractivity contribution in [2.45, 2.75) is 61.7 Å². The van der Waals surface area contributed by atoms with Gasteiger partial charge in [0, 0.05) is 6.42 Å². The van der Waals surface area contributed by atoms with Crippen LogP contribution in [-0.2, 0) is 23.7 Å². The molecule has 4 heterocycles. The lowest BCUT2D eigenvalue weighted by Crippen LogP contribution is -2.53. The van der Waals surface area contributed by atoms with Crippen LogP contribution in [0.15, 0.2) is 0 Å². The minimum absolute atomic E-state index is 0.0994. The van der Waals surface area contributed by atoms with Gasteiger partial charge in [0.15, 0.2) is 12.6 Å². The number of fused-ring (bicyclic) bond motifs is 4. The molecule has 0 saturated carbocycles. The van der Waals surface area contributed by atoms with Crippen molar-refractivity contribution in [2.75, 3.05) is 13.2 Å². The molecule has 0 aromatic rings. The maximum absolute atomic E-state index is 9.95. The van der Waals surface area contributed by atoms with Gasteiger partial charge in [0.25, 0.3) is 0 Å². The van der Waals surface area contributed by atoms with Crippen molar-refractivity contribution in [3.05, 3.63) is 0 Å². The van der Waals surface area contributed by atoms with Crippen LogP contribution in [0.5, 0.6) is 0 Å². The molecular formula is C12H18O8. The van der Waals surface area contributed by atoms with Crippen LogP contribution < -0.4 is 0 Å². The summed E-state index contributed by atoms with van der Waals surface area (Å²) in [7, 11) is 0. The van der Waals surface area contributed by atoms with Crippen molar-refractivity contribution in [3.8, 4) is 0 Å². The third-order valence-corrected chi connectivity index (χ3v) is 4.26. The van der Waals surface area contributed by atoms with Crippen LogP contribution in [0.1, 0.15) is 6.42 Å². The SMILES string of the molecule is OC[C@H]1O[C@H](O[C@H]2[C@@H]3O[C@@H]3[C@@H]3OC[C@H]2O3)[C@H](O)C[C@@H]1O. The van der Waals surface area contributed by atoms with Gasteiger partial charge in [-0.3, -0.25) is 0 Å². The predicted octanol–water partition coefficient (Wildman–Crippen LogP) is -2.28. The first-order valence-corrected chi connectivity index (χ1v) is 6.88. The summed E-state index contributed by atoms with van der Waals surface area (Å²) in [5.74, 6) is 0. The zero-order valence-corrected chi connectivity index (χ0v) is 10.7. The third-order valence-electron chi connectivity index (χ3n) is 4.26. The molecule has 0 aromatic carbocycles. The zero-order chi connectivity index (χ0) is 13.9. The Kier molecular flexibility index (Phi) is 3.24. The molecule has 114 valence electrons. The topological polar surface area (TPSA) is 110 Å². The number of hydrogen-bond acceptors (Lipinski definition) is 8. The predicted molar refractivity (Wildman–Crippen MR) is 60.5 cm³/mol. The van der Waals surface area contributed by atoms with Crippen molar-refractivity contribution in [1.82, 2.24) is 0 Å². The van der Waals surface area contributed by atoms with E-state index in [1.807, 2.05) is 0 Å². The van der Waals surface area contributed by atoms with Crippen LogP contribution in [0.2, 0.25) is 0 Å². The van der Waals surface area contributed by atoms with Gasteiger partial charge in [0.05, 0.1) is 19.3 Å². The molecule has 4 aliphatic rings. The molecule has 8 heteroatoms. The van der Waals surface area contributed by atoms with E-state index in [1.165, 1.54) is 0 Å². The molecular weight excluding hydrogens is 272 g/mol. The highest BCUT2D eigenvalue weighted by molar-refractivity contribution is 5.04. The second kappa shape index (κ2) is 4.85. The summed E-state index contributed by atoms with van der Waals surface area (Å²) in [5, 5.41) is 28.8. The first-order chi connectivity index (χ1) is 9.67. The molecule has 9 atom stereocenters. The van der Waals surface area contributed by atoms with Crippen LogP contribution >= 0.6 is 0 Å². The molecule has 8 nitrogen and oxygen atoms in total. The monoisotopic (exact) mass is 290 g/mol. The van der Waals surface area contributed by atoms with Crippen molar-refractivity contribution in [2.24, 2.45) is 0 Å². The average molecular weight is 290 g/mol. The fraction of sp³-hybridized carbons (Fsp3) is 1.00. The van der Waals surface area contributed by atoms with Gasteiger partial charge in [-0.05, 0) is 0 Å². The summed E-state index contributed by atoms with van der Waals surface area (Å²) < 4.78 is 27.7. The molecule has 20 heavy (non-hydrogen) atoms. The van der Waals surface area contributed by atoms with E-state index in [2.05, 4.69) is 0 Å². The number of rotatable bonds is 3. The van der Waals surface area contributed by atoms with E-state index < -0.39 is 24.6 Å². The summed E-state index contributed by atoms with van der Waals surface area (Å²) in [6.45, 7) is 0.104. The smallest absolute Gasteiger partial charge is 0.187 e. The van der Waals surface area contributed by atoms with E-state index in [0.717, 1.165) is 0 Å². The van der Waals surface area contributed by atoms with E-state index in [9.17, 15) is 10.2 Å². The Morgan fingerprint density at radius 2 is 1.90 bits per heavy atom. The Morgan fingerprint density at radius 3 is 2.70 bits per heavy atom. The highest BCUT2D eigenvalue weighted by Crippen LogP contribution is 2.43. The molecule has 4 rings (SSSR count). The van der Waals surface area contributed by atoms with E-state index in [-0.39, 0.29) is 43.7 Å². The highest BCUT2D eigenvalue weighted by atomic mass is 16.8. The summed E-state index contributed by atoms with van der Waals surface area (Å²) in [6.07, 6.45) is -4.55. The molecule has 4 saturated heterocycles. The number of epoxide rings is 1. The molecule has 0 aromatic heterocycles. The molecule has 4 aliphatic heterocycles. The molecule has 0 spiro atoms. The molecule has 0 aliphatic carbocycles. The first kappa shape index (κ1) is 13.4. The van der Waals surface area contributed by atoms with Crippen molar-refractivity contribution < 1.29 is 39.0 Å². The summed E-state index contributed by atoms with van der Waals surface area (Å²) in [6, 6.07) is 0. The quantitative estimate of drug-likeness (QED) is 0.499. The standard InChI is InChI=1S/C12H18O8/c13-2-6-4(14)1-5(15)11(17-6)20-8-7-3-16-12(18-7)10-9(8)19-10/h4-15H,1-3H2/t4-,5+,6+,7+,8+,9-,10-,11+,12+/m0/s1. The minimum Gasteiger partial charge on any atom is -0.394 e. The van der Waals surface area contributed by atoms with Crippen LogP contribution in [0, 0.1) is 0 Å². The lowest BCUT2D eigenvalue weighted by molar-refractivity contribution is -0.295. The van der Waals surface area contributed by atoms with Gasteiger partial charge >= 0.3 is 0 Å². The molecule has 4 fully saturated rings. The van der Waals surface area contributed by atoms with Crippen LogP contribution in [0.4, 0.5) is 0 Å². The van der Waals surface area contributed by atoms with E-state index >= 15 is 0 Å². The lowest BCUT2D eigenvalue weighted by Gasteiger charge is -2.38. The largest absolute Gasteiger partial charge is 0.394 e. The van der Waals surface area contributed by atoms with E-state index in [0.29, 0.717) is 6.61 Å². The Bertz CT molecular complexity index is 378. The zero-order valence-electron chi connectivity index (χ0n) is 10.7. The van der Waals surface area contributed by atoms with Gasteiger partial charge in [-0.1, -0.05) is 0 Å². The summed E-state index contributed by atoms with van der Waals surface area (Å²) in [4.78, 5) is 0. The van der Waals surface area contributed by atoms with Crippen LogP contribution in [-0.4, -0.2) is 83.8 Å². The van der Waals surface area contributed by atoms with Gasteiger partial charge in [0.1, 0.15) is 36.6 Å². The van der Waals surface area contributed by atoms with Crippen molar-refractivity contribution in [3.63, 3.8) is 0 Å². The van der Waals surface area contributed by atoms with Gasteiger partial charge in [-0.15, -0.1) is 0 Å². The first-order valence-electron chi connectivity index (χ1n) is 6.88. The van der Waals surface area contributed by atoms with Gasteiger partial charge in [0.2, 0.25) is 0 Å². The van der Waals surface area contributed by atoms with Gasteiger partial charge in [-0.25, -0.2) is 0 Å². The highest BCUT2D eigenvalue weighted by Gasteiger charge is 2.63. The number of aliphatic hydroxyl groups excluding tert-OH is 3. The number of aliphatic hydroxyl groups is 3. The van der Waals surface area contributed by atoms with E-state index in [4.69, 9.17) is 28.8 Å². The number of ether oxygens (including phenoxy) is 5. The second-order valence-electron chi connectivity index (χ2n) is 5.64. The van der Waals surface area contributed by atoms with Gasteiger partial charge in [-0.2, -0.15) is 0 Å². The van der Waals surface area contributed by atoms with Gasteiger partial charge < -0.3 is 39.0 Å². The third kappa shape index (κ3) is 2.08. The lowest BCUT2D eigenvalue weighted by atomic mass is 10.0. The fourth-order valence-corrected chi connectivity index (χ4v) is 3.09. The molecule has 0 radical (unpaired) electrons. The maximum atomic E-state index is 9.95. The molecule has 3 N–H and O–H groups in total. The Balaban J connectivity index is 1.43. The molecule has 0 amide bonds. The van der Waals surface area contributed by atoms with E-state index in [1.54, 1.807) is 0 Å². The average Bonchev–Trinajstić information content (AvgIpc) is 3.11. The Morgan fingerprint density at radius 1 is 1.05 bits per heavy atom. The second-order valence-corrected chi connectivity index (χ2v) is 5.64. The molecule has 2 bridgehead atoms. The number of hydrogen-bond donors (Lipinski definition) is 3. The molecule has 0 unspecified atom stereocenters. The Hall–Kier alpha value is -0.320.